The van der Waals surface area contributed by atoms with Crippen LogP contribution in [0.25, 0.3) is 0 Å². The molecule has 1 aromatic carbocycles. The number of carboxylic acid groups (broad SMARTS) is 1. The molecule has 3 N–H and O–H groups in total. The second-order valence-electron chi connectivity index (χ2n) is 6.98. The third-order valence-electron chi connectivity index (χ3n) is 4.75. The van der Waals surface area contributed by atoms with Crippen molar-refractivity contribution >= 4 is 12.0 Å². The molecular weight excluding hydrogens is 330 g/mol. The summed E-state index contributed by atoms with van der Waals surface area (Å²) in [5.74, 6) is -0.841. The second-order valence-corrected chi connectivity index (χ2v) is 6.98. The molecule has 1 aliphatic rings. The maximum Gasteiger partial charge on any atom is 0.315 e. The van der Waals surface area contributed by atoms with Gasteiger partial charge in [0.1, 0.15) is 0 Å². The molecule has 6 nitrogen and oxygen atoms in total. The lowest BCUT2D eigenvalue weighted by Crippen LogP contribution is -2.44. The van der Waals surface area contributed by atoms with Crippen LogP contribution in [-0.2, 0) is 11.2 Å². The van der Waals surface area contributed by atoms with Gasteiger partial charge < -0.3 is 20.6 Å². The van der Waals surface area contributed by atoms with E-state index in [2.05, 4.69) is 15.5 Å². The zero-order chi connectivity index (χ0) is 18.6. The molecule has 144 valence electrons. The third-order valence-corrected chi connectivity index (χ3v) is 4.75. The van der Waals surface area contributed by atoms with Gasteiger partial charge in [0.15, 0.2) is 0 Å². The van der Waals surface area contributed by atoms with Crippen LogP contribution in [0.3, 0.4) is 0 Å². The van der Waals surface area contributed by atoms with Crippen LogP contribution in [0.5, 0.6) is 0 Å². The average Bonchev–Trinajstić information content (AvgIpc) is 2.65. The Morgan fingerprint density at radius 3 is 2.54 bits per heavy atom. The molecule has 2 rings (SSSR count). The highest BCUT2D eigenvalue weighted by Crippen LogP contribution is 2.09. The third kappa shape index (κ3) is 8.34. The summed E-state index contributed by atoms with van der Waals surface area (Å²) in [4.78, 5) is 25.5. The first-order valence-electron chi connectivity index (χ1n) is 9.66. The Labute approximate surface area is 156 Å². The van der Waals surface area contributed by atoms with Gasteiger partial charge in [-0.2, -0.15) is 0 Å². The summed E-state index contributed by atoms with van der Waals surface area (Å²) in [6.45, 7) is 3.99. The van der Waals surface area contributed by atoms with Gasteiger partial charge in [0.2, 0.25) is 0 Å². The highest BCUT2D eigenvalue weighted by molar-refractivity contribution is 5.74. The first kappa shape index (κ1) is 20.2. The normalized spacial score (nSPS) is 16.0. The van der Waals surface area contributed by atoms with Crippen molar-refractivity contribution in [1.29, 1.82) is 0 Å². The van der Waals surface area contributed by atoms with E-state index < -0.39 is 5.97 Å². The summed E-state index contributed by atoms with van der Waals surface area (Å²) in [6.07, 6.45) is 5.92. The average molecular weight is 361 g/mol. The predicted octanol–water partition coefficient (Wildman–Crippen LogP) is 2.64. The standard InChI is InChI=1S/C20H31N3O3/c24-19(25)11-10-18(16-17-8-3-1-4-9-17)22-20(26)21-12-7-15-23-13-5-2-6-14-23/h1,3-4,8-9,18H,2,5-7,10-16H2,(H,24,25)(H2,21,22,26). The van der Waals surface area contributed by atoms with Crippen LogP contribution in [0, 0.1) is 0 Å². The van der Waals surface area contributed by atoms with Crippen LogP contribution in [0.2, 0.25) is 0 Å². The van der Waals surface area contributed by atoms with Crippen LogP contribution >= 0.6 is 0 Å². The largest absolute Gasteiger partial charge is 0.481 e. The van der Waals surface area contributed by atoms with E-state index in [4.69, 9.17) is 5.11 Å². The molecule has 1 aromatic rings. The fourth-order valence-corrected chi connectivity index (χ4v) is 3.35. The molecule has 6 heteroatoms. The Kier molecular flexibility index (Phi) is 8.96. The van der Waals surface area contributed by atoms with Gasteiger partial charge in [-0.25, -0.2) is 4.79 Å². The number of hydrogen-bond donors (Lipinski definition) is 3. The van der Waals surface area contributed by atoms with Crippen molar-refractivity contribution in [2.24, 2.45) is 0 Å². The van der Waals surface area contributed by atoms with E-state index in [0.29, 0.717) is 19.4 Å². The van der Waals surface area contributed by atoms with Crippen LogP contribution in [-0.4, -0.2) is 54.2 Å². The van der Waals surface area contributed by atoms with Gasteiger partial charge in [0.05, 0.1) is 0 Å². The SMILES string of the molecule is O=C(O)CCC(Cc1ccccc1)NC(=O)NCCCN1CCCCC1. The second kappa shape index (κ2) is 11.5. The molecule has 1 fully saturated rings. The van der Waals surface area contributed by atoms with Crippen molar-refractivity contribution in [1.82, 2.24) is 15.5 Å². The predicted molar refractivity (Wildman–Crippen MR) is 102 cm³/mol. The fourth-order valence-electron chi connectivity index (χ4n) is 3.35. The minimum absolute atomic E-state index is 0.0484. The summed E-state index contributed by atoms with van der Waals surface area (Å²) >= 11 is 0. The quantitative estimate of drug-likeness (QED) is 0.560. The van der Waals surface area contributed by atoms with Crippen molar-refractivity contribution in [3.8, 4) is 0 Å². The molecule has 0 spiro atoms. The monoisotopic (exact) mass is 361 g/mol. The van der Waals surface area contributed by atoms with Gasteiger partial charge in [-0.1, -0.05) is 36.8 Å². The van der Waals surface area contributed by atoms with Crippen molar-refractivity contribution < 1.29 is 14.7 Å². The molecule has 1 atom stereocenters. The fraction of sp³-hybridized carbons (Fsp3) is 0.600. The van der Waals surface area contributed by atoms with Crippen molar-refractivity contribution in [3.05, 3.63) is 35.9 Å². The zero-order valence-corrected chi connectivity index (χ0v) is 15.5. The number of rotatable bonds is 10. The molecule has 1 aliphatic heterocycles. The van der Waals surface area contributed by atoms with Crippen molar-refractivity contribution in [2.75, 3.05) is 26.2 Å². The Morgan fingerprint density at radius 2 is 1.85 bits per heavy atom. The molecular formula is C20H31N3O3. The number of benzene rings is 1. The van der Waals surface area contributed by atoms with E-state index in [1.54, 1.807) is 0 Å². The Bertz CT molecular complexity index is 544. The minimum atomic E-state index is -0.841. The van der Waals surface area contributed by atoms with E-state index in [1.807, 2.05) is 30.3 Å². The number of carbonyl (C=O) groups excluding carboxylic acids is 1. The number of amides is 2. The first-order chi connectivity index (χ1) is 12.6. The maximum absolute atomic E-state index is 12.2. The number of urea groups is 1. The molecule has 0 aromatic heterocycles. The summed E-state index contributed by atoms with van der Waals surface area (Å²) in [5.41, 5.74) is 1.09. The Balaban J connectivity index is 1.70. The lowest BCUT2D eigenvalue weighted by atomic mass is 10.0. The van der Waals surface area contributed by atoms with E-state index in [-0.39, 0.29) is 18.5 Å². The van der Waals surface area contributed by atoms with Gasteiger partial charge >= 0.3 is 12.0 Å². The number of carboxylic acids is 1. The van der Waals surface area contributed by atoms with Gasteiger partial charge in [0.25, 0.3) is 0 Å². The molecule has 0 radical (unpaired) electrons. The van der Waals surface area contributed by atoms with E-state index >= 15 is 0 Å². The zero-order valence-electron chi connectivity index (χ0n) is 15.5. The summed E-state index contributed by atoms with van der Waals surface area (Å²) in [5, 5.41) is 14.8. The van der Waals surface area contributed by atoms with Crippen molar-refractivity contribution in [3.63, 3.8) is 0 Å². The number of nitrogens with zero attached hydrogens (tertiary/aromatic N) is 1. The maximum atomic E-state index is 12.2. The highest BCUT2D eigenvalue weighted by Gasteiger charge is 2.15. The number of aliphatic carboxylic acids is 1. The molecule has 0 saturated carbocycles. The van der Waals surface area contributed by atoms with Gasteiger partial charge in [-0.3, -0.25) is 4.79 Å². The first-order valence-corrected chi connectivity index (χ1v) is 9.66. The van der Waals surface area contributed by atoms with Crippen LogP contribution in [0.1, 0.15) is 44.1 Å². The minimum Gasteiger partial charge on any atom is -0.481 e. The molecule has 0 bridgehead atoms. The van der Waals surface area contributed by atoms with Crippen LogP contribution in [0.4, 0.5) is 4.79 Å². The highest BCUT2D eigenvalue weighted by atomic mass is 16.4. The van der Waals surface area contributed by atoms with E-state index in [9.17, 15) is 9.59 Å². The number of likely N-dealkylation sites (tertiary alicyclic amines) is 1. The van der Waals surface area contributed by atoms with Gasteiger partial charge in [0, 0.05) is 19.0 Å². The topological polar surface area (TPSA) is 81.7 Å². The molecule has 0 aliphatic carbocycles. The summed E-state index contributed by atoms with van der Waals surface area (Å²) in [7, 11) is 0. The van der Waals surface area contributed by atoms with Crippen molar-refractivity contribution in [2.45, 2.75) is 51.0 Å². The molecule has 2 amide bonds. The van der Waals surface area contributed by atoms with Gasteiger partial charge in [-0.05, 0) is 57.3 Å². The summed E-state index contributed by atoms with van der Waals surface area (Å²) < 4.78 is 0. The molecule has 1 saturated heterocycles. The number of hydrogen-bond acceptors (Lipinski definition) is 3. The lowest BCUT2D eigenvalue weighted by molar-refractivity contribution is -0.137. The van der Waals surface area contributed by atoms with E-state index in [1.165, 1.54) is 32.4 Å². The van der Waals surface area contributed by atoms with E-state index in [0.717, 1.165) is 18.5 Å². The van der Waals surface area contributed by atoms with Crippen LogP contribution < -0.4 is 10.6 Å². The smallest absolute Gasteiger partial charge is 0.315 e. The summed E-state index contributed by atoms with van der Waals surface area (Å²) in [6, 6.07) is 9.43. The Hall–Kier alpha value is -2.08. The molecule has 1 unspecified atom stereocenters. The van der Waals surface area contributed by atoms with Crippen LogP contribution in [0.15, 0.2) is 30.3 Å². The number of nitrogens with one attached hydrogen (secondary N) is 2. The van der Waals surface area contributed by atoms with Gasteiger partial charge in [-0.15, -0.1) is 0 Å². The lowest BCUT2D eigenvalue weighted by Gasteiger charge is -2.26. The number of piperidine rings is 1. The molecule has 1 heterocycles. The molecule has 26 heavy (non-hydrogen) atoms. The number of carbonyl (C=O) groups is 2. The Morgan fingerprint density at radius 1 is 1.12 bits per heavy atom.